The van der Waals surface area contributed by atoms with Crippen LogP contribution in [0.3, 0.4) is 0 Å². The Balaban J connectivity index is 1.97. The van der Waals surface area contributed by atoms with E-state index < -0.39 is 9.84 Å². The Morgan fingerprint density at radius 3 is 2.20 bits per heavy atom. The fraction of sp³-hybridized carbons (Fsp3) is 0.533. The van der Waals surface area contributed by atoms with E-state index in [0.29, 0.717) is 17.0 Å². The molecule has 1 aliphatic heterocycles. The van der Waals surface area contributed by atoms with Gasteiger partial charge < -0.3 is 4.90 Å². The van der Waals surface area contributed by atoms with Gasteiger partial charge in [-0.1, -0.05) is 12.8 Å². The van der Waals surface area contributed by atoms with Gasteiger partial charge in [0.1, 0.15) is 0 Å². The fourth-order valence-electron chi connectivity index (χ4n) is 2.46. The Kier molecular flexibility index (Phi) is 5.16. The molecule has 0 amide bonds. The van der Waals surface area contributed by atoms with E-state index in [2.05, 4.69) is 4.90 Å². The third-order valence-electron chi connectivity index (χ3n) is 3.72. The van der Waals surface area contributed by atoms with Gasteiger partial charge in [-0.05, 0) is 50.2 Å². The van der Waals surface area contributed by atoms with Gasteiger partial charge in [0.05, 0.1) is 22.3 Å². The van der Waals surface area contributed by atoms with Gasteiger partial charge in [0.2, 0.25) is 0 Å². The van der Waals surface area contributed by atoms with Crippen LogP contribution in [0, 0.1) is 11.3 Å². The minimum absolute atomic E-state index is 0.152. The summed E-state index contributed by atoms with van der Waals surface area (Å²) in [7, 11) is -3.25. The minimum atomic E-state index is -3.25. The van der Waals surface area contributed by atoms with Crippen molar-refractivity contribution in [1.29, 1.82) is 5.26 Å². The van der Waals surface area contributed by atoms with Gasteiger partial charge in [0.25, 0.3) is 0 Å². The lowest BCUT2D eigenvalue weighted by Gasteiger charge is -2.19. The van der Waals surface area contributed by atoms with E-state index in [4.69, 9.17) is 5.26 Å². The molecule has 0 bridgehead atoms. The molecule has 0 radical (unpaired) electrons. The smallest absolute Gasteiger partial charge is 0.179 e. The highest BCUT2D eigenvalue weighted by Crippen LogP contribution is 2.14. The van der Waals surface area contributed by atoms with E-state index >= 15 is 0 Å². The number of benzene rings is 1. The zero-order valence-electron chi connectivity index (χ0n) is 11.6. The number of likely N-dealkylation sites (tertiary alicyclic amines) is 1. The van der Waals surface area contributed by atoms with E-state index in [-0.39, 0.29) is 5.75 Å². The molecule has 1 aromatic rings. The van der Waals surface area contributed by atoms with Crippen molar-refractivity contribution in [3.63, 3.8) is 0 Å². The summed E-state index contributed by atoms with van der Waals surface area (Å²) < 4.78 is 24.5. The van der Waals surface area contributed by atoms with Gasteiger partial charge in [0, 0.05) is 6.54 Å². The summed E-state index contributed by atoms with van der Waals surface area (Å²) in [6, 6.07) is 8.15. The minimum Gasteiger partial charge on any atom is -0.302 e. The highest BCUT2D eigenvalue weighted by molar-refractivity contribution is 7.91. The summed E-state index contributed by atoms with van der Waals surface area (Å²) >= 11 is 0. The van der Waals surface area contributed by atoms with Crippen LogP contribution >= 0.6 is 0 Å². The first-order valence-corrected chi connectivity index (χ1v) is 8.72. The lowest BCUT2D eigenvalue weighted by Crippen LogP contribution is -2.30. The molecule has 1 heterocycles. The lowest BCUT2D eigenvalue weighted by molar-refractivity contribution is 0.301. The Morgan fingerprint density at radius 1 is 1.05 bits per heavy atom. The number of sulfone groups is 1. The van der Waals surface area contributed by atoms with Gasteiger partial charge in [-0.2, -0.15) is 5.26 Å². The second-order valence-electron chi connectivity index (χ2n) is 5.21. The highest BCUT2D eigenvalue weighted by atomic mass is 32.2. The zero-order valence-corrected chi connectivity index (χ0v) is 12.4. The molecule has 4 nitrogen and oxygen atoms in total. The molecule has 0 atom stereocenters. The average molecular weight is 292 g/mol. The molecule has 0 aliphatic carbocycles. The Labute approximate surface area is 120 Å². The van der Waals surface area contributed by atoms with Gasteiger partial charge >= 0.3 is 0 Å². The second kappa shape index (κ2) is 6.87. The number of hydrogen-bond acceptors (Lipinski definition) is 4. The Hall–Kier alpha value is -1.38. The van der Waals surface area contributed by atoms with Crippen molar-refractivity contribution in [1.82, 2.24) is 4.90 Å². The van der Waals surface area contributed by atoms with Crippen LogP contribution in [0.1, 0.15) is 31.2 Å². The zero-order chi connectivity index (χ0) is 14.4. The molecule has 1 aliphatic rings. The summed E-state index contributed by atoms with van der Waals surface area (Å²) in [5.41, 5.74) is 0.483. The van der Waals surface area contributed by atoms with Gasteiger partial charge in [-0.3, -0.25) is 0 Å². The first kappa shape index (κ1) is 15.0. The molecule has 20 heavy (non-hydrogen) atoms. The number of hydrogen-bond donors (Lipinski definition) is 0. The molecule has 0 N–H and O–H groups in total. The molecule has 0 spiro atoms. The molecule has 1 fully saturated rings. The standard InChI is InChI=1S/C15H20N2O2S/c16-13-14-5-7-15(8-6-14)20(18,19)12-11-17-9-3-1-2-4-10-17/h5-8H,1-4,9-12H2. The van der Waals surface area contributed by atoms with Crippen molar-refractivity contribution in [3.05, 3.63) is 29.8 Å². The van der Waals surface area contributed by atoms with E-state index in [1.165, 1.54) is 25.0 Å². The maximum absolute atomic E-state index is 12.3. The van der Waals surface area contributed by atoms with E-state index in [0.717, 1.165) is 25.9 Å². The first-order valence-electron chi connectivity index (χ1n) is 7.07. The summed E-state index contributed by atoms with van der Waals surface area (Å²) in [5, 5.41) is 8.73. The predicted molar refractivity (Wildman–Crippen MR) is 78.1 cm³/mol. The summed E-state index contributed by atoms with van der Waals surface area (Å²) in [5.74, 6) is 0.152. The van der Waals surface area contributed by atoms with Crippen LogP contribution in [-0.4, -0.2) is 38.7 Å². The van der Waals surface area contributed by atoms with Crippen LogP contribution < -0.4 is 0 Å². The number of nitrogens with zero attached hydrogens (tertiary/aromatic N) is 2. The molecule has 2 rings (SSSR count). The first-order chi connectivity index (χ1) is 9.62. The largest absolute Gasteiger partial charge is 0.302 e. The third kappa shape index (κ3) is 4.06. The maximum Gasteiger partial charge on any atom is 0.179 e. The Bertz CT molecular complexity index is 565. The Morgan fingerprint density at radius 2 is 1.65 bits per heavy atom. The number of rotatable bonds is 4. The molecule has 5 heteroatoms. The molecule has 0 aromatic heterocycles. The van der Waals surface area contributed by atoms with Crippen LogP contribution in [-0.2, 0) is 9.84 Å². The topological polar surface area (TPSA) is 61.2 Å². The molecule has 1 saturated heterocycles. The van der Waals surface area contributed by atoms with Crippen molar-refractivity contribution < 1.29 is 8.42 Å². The van der Waals surface area contributed by atoms with Gasteiger partial charge in [0.15, 0.2) is 9.84 Å². The fourth-order valence-corrected chi connectivity index (χ4v) is 3.75. The average Bonchev–Trinajstić information content (AvgIpc) is 2.74. The van der Waals surface area contributed by atoms with Crippen molar-refractivity contribution in [2.75, 3.05) is 25.4 Å². The van der Waals surface area contributed by atoms with Crippen LogP contribution in [0.2, 0.25) is 0 Å². The summed E-state index contributed by atoms with van der Waals surface area (Å²) in [6.45, 7) is 2.61. The summed E-state index contributed by atoms with van der Waals surface area (Å²) in [6.07, 6.45) is 4.82. The van der Waals surface area contributed by atoms with Crippen molar-refractivity contribution in [2.24, 2.45) is 0 Å². The van der Waals surface area contributed by atoms with Crippen LogP contribution in [0.15, 0.2) is 29.2 Å². The maximum atomic E-state index is 12.3. The van der Waals surface area contributed by atoms with Crippen molar-refractivity contribution in [2.45, 2.75) is 30.6 Å². The number of nitriles is 1. The second-order valence-corrected chi connectivity index (χ2v) is 7.32. The third-order valence-corrected chi connectivity index (χ3v) is 5.43. The van der Waals surface area contributed by atoms with Crippen LogP contribution in [0.5, 0.6) is 0 Å². The normalized spacial score (nSPS) is 17.4. The monoisotopic (exact) mass is 292 g/mol. The quantitative estimate of drug-likeness (QED) is 0.853. The summed E-state index contributed by atoms with van der Waals surface area (Å²) in [4.78, 5) is 2.56. The molecule has 0 saturated carbocycles. The van der Waals surface area contributed by atoms with Crippen molar-refractivity contribution in [3.8, 4) is 6.07 Å². The molecule has 1 aromatic carbocycles. The SMILES string of the molecule is N#Cc1ccc(S(=O)(=O)CCN2CCCCCC2)cc1. The van der Waals surface area contributed by atoms with E-state index in [1.807, 2.05) is 6.07 Å². The van der Waals surface area contributed by atoms with Gasteiger partial charge in [-0.15, -0.1) is 0 Å². The molecular weight excluding hydrogens is 272 g/mol. The molecular formula is C15H20N2O2S. The lowest BCUT2D eigenvalue weighted by atomic mass is 10.2. The van der Waals surface area contributed by atoms with E-state index in [9.17, 15) is 8.42 Å². The molecule has 0 unspecified atom stereocenters. The predicted octanol–water partition coefficient (Wildman–Crippen LogP) is 2.21. The van der Waals surface area contributed by atoms with Gasteiger partial charge in [-0.25, -0.2) is 8.42 Å². The van der Waals surface area contributed by atoms with Crippen LogP contribution in [0.4, 0.5) is 0 Å². The van der Waals surface area contributed by atoms with Crippen LogP contribution in [0.25, 0.3) is 0 Å². The van der Waals surface area contributed by atoms with E-state index in [1.54, 1.807) is 12.1 Å². The highest BCUT2D eigenvalue weighted by Gasteiger charge is 2.17. The van der Waals surface area contributed by atoms with Crippen molar-refractivity contribution >= 4 is 9.84 Å². The molecule has 108 valence electrons.